The molecule has 0 spiro atoms. The molecule has 0 bridgehead atoms. The maximum Gasteiger partial charge on any atom is 0.255 e. The van der Waals surface area contributed by atoms with Crippen LogP contribution in [0.15, 0.2) is 36.4 Å². The topological polar surface area (TPSA) is 67.9 Å². The fourth-order valence-electron chi connectivity index (χ4n) is 3.23. The average Bonchev–Trinajstić information content (AvgIpc) is 3.08. The highest BCUT2D eigenvalue weighted by Crippen LogP contribution is 2.30. The van der Waals surface area contributed by atoms with E-state index >= 15 is 0 Å². The molecule has 2 aromatic rings. The van der Waals surface area contributed by atoms with Gasteiger partial charge in [0.1, 0.15) is 0 Å². The van der Waals surface area contributed by atoms with Gasteiger partial charge in [0.05, 0.1) is 13.7 Å². The summed E-state index contributed by atoms with van der Waals surface area (Å²) in [6.07, 6.45) is 1.48. The molecule has 6 nitrogen and oxygen atoms in total. The molecule has 6 heteroatoms. The van der Waals surface area contributed by atoms with Crippen LogP contribution in [-0.4, -0.2) is 32.1 Å². The number of ether oxygens (including phenoxy) is 2. The molecule has 1 aliphatic rings. The van der Waals surface area contributed by atoms with Gasteiger partial charge in [-0.1, -0.05) is 0 Å². The number of hydrogen-bond donors (Lipinski definition) is 1. The number of nitrogens with zero attached hydrogens (tertiary/aromatic N) is 1. The Kier molecular flexibility index (Phi) is 5.64. The number of hydrogen-bond acceptors (Lipinski definition) is 4. The van der Waals surface area contributed by atoms with Crippen LogP contribution in [0.4, 0.5) is 11.4 Å². The number of amides is 2. The predicted molar refractivity (Wildman–Crippen MR) is 105 cm³/mol. The zero-order valence-electron chi connectivity index (χ0n) is 15.9. The molecule has 3 rings (SSSR count). The van der Waals surface area contributed by atoms with Gasteiger partial charge in [0.25, 0.3) is 5.91 Å². The van der Waals surface area contributed by atoms with E-state index in [1.165, 1.54) is 0 Å². The van der Waals surface area contributed by atoms with Gasteiger partial charge in [0.15, 0.2) is 11.5 Å². The van der Waals surface area contributed by atoms with E-state index in [1.807, 2.05) is 32.0 Å². The van der Waals surface area contributed by atoms with Crippen LogP contribution in [0.3, 0.4) is 0 Å². The minimum Gasteiger partial charge on any atom is -0.493 e. The van der Waals surface area contributed by atoms with Crippen molar-refractivity contribution in [3.63, 3.8) is 0 Å². The van der Waals surface area contributed by atoms with E-state index in [4.69, 9.17) is 9.47 Å². The largest absolute Gasteiger partial charge is 0.493 e. The van der Waals surface area contributed by atoms with Crippen LogP contribution in [0, 0.1) is 6.92 Å². The van der Waals surface area contributed by atoms with Gasteiger partial charge in [-0.25, -0.2) is 0 Å². The molecule has 0 aromatic heterocycles. The standard InChI is InChI=1S/C21H24N2O4/c1-4-27-19-13-15(7-10-18(19)26-3)21(25)22-16-8-9-17(14(2)12-16)23-11-5-6-20(23)24/h7-10,12-13H,4-6,11H2,1-3H3,(H,22,25). The maximum absolute atomic E-state index is 12.6. The first-order chi connectivity index (χ1) is 13.0. The fourth-order valence-corrected chi connectivity index (χ4v) is 3.23. The molecule has 142 valence electrons. The Hall–Kier alpha value is -3.02. The summed E-state index contributed by atoms with van der Waals surface area (Å²) in [4.78, 5) is 26.4. The minimum atomic E-state index is -0.233. The summed E-state index contributed by atoms with van der Waals surface area (Å²) in [5.41, 5.74) is 3.02. The van der Waals surface area contributed by atoms with Crippen molar-refractivity contribution >= 4 is 23.2 Å². The Balaban J connectivity index is 1.77. The molecule has 1 aliphatic heterocycles. The van der Waals surface area contributed by atoms with Crippen molar-refractivity contribution in [2.45, 2.75) is 26.7 Å². The number of rotatable bonds is 6. The third-order valence-corrected chi connectivity index (χ3v) is 4.54. The van der Waals surface area contributed by atoms with E-state index in [0.29, 0.717) is 35.8 Å². The van der Waals surface area contributed by atoms with Crippen LogP contribution in [0.1, 0.15) is 35.7 Å². The summed E-state index contributed by atoms with van der Waals surface area (Å²) in [6, 6.07) is 10.7. The van der Waals surface area contributed by atoms with Gasteiger partial charge in [0, 0.05) is 29.9 Å². The second-order valence-corrected chi connectivity index (χ2v) is 6.40. The summed E-state index contributed by atoms with van der Waals surface area (Å²) < 4.78 is 10.8. The van der Waals surface area contributed by atoms with E-state index in [-0.39, 0.29) is 11.8 Å². The molecule has 0 unspecified atom stereocenters. The van der Waals surface area contributed by atoms with Gasteiger partial charge in [0.2, 0.25) is 5.91 Å². The van der Waals surface area contributed by atoms with Crippen LogP contribution in [0.2, 0.25) is 0 Å². The molecular formula is C21H24N2O4. The Labute approximate surface area is 159 Å². The monoisotopic (exact) mass is 368 g/mol. The zero-order valence-corrected chi connectivity index (χ0v) is 15.9. The number of methoxy groups -OCH3 is 1. The molecule has 0 aliphatic carbocycles. The van der Waals surface area contributed by atoms with Gasteiger partial charge >= 0.3 is 0 Å². The summed E-state index contributed by atoms with van der Waals surface area (Å²) in [5.74, 6) is 1.04. The molecule has 2 aromatic carbocycles. The summed E-state index contributed by atoms with van der Waals surface area (Å²) in [7, 11) is 1.56. The lowest BCUT2D eigenvalue weighted by Gasteiger charge is -2.19. The van der Waals surface area contributed by atoms with E-state index < -0.39 is 0 Å². The van der Waals surface area contributed by atoms with Crippen LogP contribution in [0.5, 0.6) is 11.5 Å². The lowest BCUT2D eigenvalue weighted by Crippen LogP contribution is -2.24. The van der Waals surface area contributed by atoms with E-state index in [2.05, 4.69) is 5.32 Å². The summed E-state index contributed by atoms with van der Waals surface area (Å²) >= 11 is 0. The number of anilines is 2. The quantitative estimate of drug-likeness (QED) is 0.842. The average molecular weight is 368 g/mol. The number of benzene rings is 2. The van der Waals surface area contributed by atoms with Crippen molar-refractivity contribution in [2.75, 3.05) is 30.5 Å². The van der Waals surface area contributed by atoms with Gasteiger partial charge in [-0.15, -0.1) is 0 Å². The van der Waals surface area contributed by atoms with Crippen molar-refractivity contribution in [3.05, 3.63) is 47.5 Å². The van der Waals surface area contributed by atoms with Crippen LogP contribution < -0.4 is 19.7 Å². The Bertz CT molecular complexity index is 863. The van der Waals surface area contributed by atoms with Crippen LogP contribution in [-0.2, 0) is 4.79 Å². The second kappa shape index (κ2) is 8.12. The molecule has 2 amide bonds. The lowest BCUT2D eigenvalue weighted by atomic mass is 10.1. The molecule has 0 atom stereocenters. The molecule has 0 saturated carbocycles. The highest BCUT2D eigenvalue weighted by atomic mass is 16.5. The highest BCUT2D eigenvalue weighted by Gasteiger charge is 2.23. The third-order valence-electron chi connectivity index (χ3n) is 4.54. The molecule has 1 N–H and O–H groups in total. The third kappa shape index (κ3) is 4.05. The van der Waals surface area contributed by atoms with E-state index in [1.54, 1.807) is 30.2 Å². The van der Waals surface area contributed by atoms with E-state index in [9.17, 15) is 9.59 Å². The summed E-state index contributed by atoms with van der Waals surface area (Å²) in [6.45, 7) is 5.05. The normalized spacial score (nSPS) is 13.6. The van der Waals surface area contributed by atoms with Crippen molar-refractivity contribution in [1.29, 1.82) is 0 Å². The Morgan fingerprint density at radius 2 is 2.00 bits per heavy atom. The predicted octanol–water partition coefficient (Wildman–Crippen LogP) is 3.78. The lowest BCUT2D eigenvalue weighted by molar-refractivity contribution is -0.117. The van der Waals surface area contributed by atoms with E-state index in [0.717, 1.165) is 24.2 Å². The van der Waals surface area contributed by atoms with Crippen LogP contribution in [0.25, 0.3) is 0 Å². The van der Waals surface area contributed by atoms with Gasteiger partial charge < -0.3 is 19.7 Å². The number of aryl methyl sites for hydroxylation is 1. The van der Waals surface area contributed by atoms with Gasteiger partial charge in [-0.2, -0.15) is 0 Å². The first kappa shape index (κ1) is 18.8. The number of carbonyl (C=O) groups is 2. The van der Waals surface area contributed by atoms with Crippen molar-refractivity contribution < 1.29 is 19.1 Å². The van der Waals surface area contributed by atoms with Crippen molar-refractivity contribution in [1.82, 2.24) is 0 Å². The maximum atomic E-state index is 12.6. The molecule has 0 radical (unpaired) electrons. The Morgan fingerprint density at radius 3 is 2.63 bits per heavy atom. The fraction of sp³-hybridized carbons (Fsp3) is 0.333. The number of carbonyl (C=O) groups excluding carboxylic acids is 2. The molecule has 1 saturated heterocycles. The minimum absolute atomic E-state index is 0.150. The number of nitrogens with one attached hydrogen (secondary N) is 1. The molecule has 1 fully saturated rings. The second-order valence-electron chi connectivity index (χ2n) is 6.40. The summed E-state index contributed by atoms with van der Waals surface area (Å²) in [5, 5.41) is 2.90. The Morgan fingerprint density at radius 1 is 1.19 bits per heavy atom. The SMILES string of the molecule is CCOc1cc(C(=O)Nc2ccc(N3CCCC3=O)c(C)c2)ccc1OC. The molecule has 27 heavy (non-hydrogen) atoms. The smallest absolute Gasteiger partial charge is 0.255 e. The van der Waals surface area contributed by atoms with Crippen molar-refractivity contribution in [3.8, 4) is 11.5 Å². The van der Waals surface area contributed by atoms with Crippen LogP contribution >= 0.6 is 0 Å². The molecular weight excluding hydrogens is 344 g/mol. The zero-order chi connectivity index (χ0) is 19.4. The first-order valence-electron chi connectivity index (χ1n) is 9.06. The van der Waals surface area contributed by atoms with Gasteiger partial charge in [-0.3, -0.25) is 9.59 Å². The molecule has 1 heterocycles. The highest BCUT2D eigenvalue weighted by molar-refractivity contribution is 6.05. The first-order valence-corrected chi connectivity index (χ1v) is 9.06. The van der Waals surface area contributed by atoms with Crippen molar-refractivity contribution in [2.24, 2.45) is 0 Å². The van der Waals surface area contributed by atoms with Gasteiger partial charge in [-0.05, 0) is 62.2 Å².